The summed E-state index contributed by atoms with van der Waals surface area (Å²) in [5.41, 5.74) is 8.21. The predicted octanol–water partition coefficient (Wildman–Crippen LogP) is 1.29. The van der Waals surface area contributed by atoms with Gasteiger partial charge in [-0.3, -0.25) is 0 Å². The molecule has 1 aliphatic rings. The average Bonchev–Trinajstić information content (AvgIpc) is 2.33. The zero-order valence-electron chi connectivity index (χ0n) is 7.21. The molecule has 0 spiro atoms. The van der Waals surface area contributed by atoms with Gasteiger partial charge in [-0.2, -0.15) is 0 Å². The minimum atomic E-state index is -0.415. The fourth-order valence-electron chi connectivity index (χ4n) is 1.42. The summed E-state index contributed by atoms with van der Waals surface area (Å²) in [6, 6.07) is 0. The molecule has 5 heteroatoms. The van der Waals surface area contributed by atoms with E-state index in [0.717, 1.165) is 0 Å². The summed E-state index contributed by atoms with van der Waals surface area (Å²) >= 11 is 0. The Labute approximate surface area is 71.0 Å². The molecule has 0 saturated carbocycles. The number of aliphatic hydroxyl groups is 1. The van der Waals surface area contributed by atoms with Crippen LogP contribution in [0.2, 0.25) is 0 Å². The molecule has 1 fully saturated rings. The van der Waals surface area contributed by atoms with Crippen LogP contribution in [0.1, 0.15) is 13.8 Å². The molecular weight excluding hydrogens is 158 g/mol. The Balaban J connectivity index is 2.66. The monoisotopic (exact) mass is 171 g/mol. The summed E-state index contributed by atoms with van der Waals surface area (Å²) in [6.45, 7) is 3.93. The van der Waals surface area contributed by atoms with Gasteiger partial charge in [0.1, 0.15) is 6.23 Å². The first-order chi connectivity index (χ1) is 5.70. The summed E-state index contributed by atoms with van der Waals surface area (Å²) in [6.07, 6.45) is -0.599. The first kappa shape index (κ1) is 9.32. The van der Waals surface area contributed by atoms with Crippen molar-refractivity contribution < 1.29 is 9.84 Å². The van der Waals surface area contributed by atoms with Gasteiger partial charge in [-0.15, -0.1) is 0 Å². The van der Waals surface area contributed by atoms with Crippen LogP contribution in [0.15, 0.2) is 5.11 Å². The fraction of sp³-hybridized carbons (Fsp3) is 1.00. The highest BCUT2D eigenvalue weighted by Crippen LogP contribution is 2.32. The zero-order chi connectivity index (χ0) is 9.14. The quantitative estimate of drug-likeness (QED) is 0.386. The lowest BCUT2D eigenvalue weighted by Gasteiger charge is -2.12. The van der Waals surface area contributed by atoms with Crippen molar-refractivity contribution >= 4 is 0 Å². The van der Waals surface area contributed by atoms with Crippen molar-refractivity contribution in [3.63, 3.8) is 0 Å². The molecule has 4 atom stereocenters. The number of hydrogen-bond donors (Lipinski definition) is 1. The van der Waals surface area contributed by atoms with Gasteiger partial charge in [0.05, 0.1) is 12.7 Å². The van der Waals surface area contributed by atoms with Crippen molar-refractivity contribution in [2.45, 2.75) is 26.2 Å². The highest BCUT2D eigenvalue weighted by molar-refractivity contribution is 4.84. The van der Waals surface area contributed by atoms with Gasteiger partial charge in [0, 0.05) is 4.91 Å². The lowest BCUT2D eigenvalue weighted by atomic mass is 9.93. The van der Waals surface area contributed by atoms with Crippen molar-refractivity contribution in [3.8, 4) is 0 Å². The number of ether oxygens (including phenoxy) is 1. The van der Waals surface area contributed by atoms with Gasteiger partial charge in [0.2, 0.25) is 0 Å². The highest BCUT2D eigenvalue weighted by Gasteiger charge is 2.37. The average molecular weight is 171 g/mol. The van der Waals surface area contributed by atoms with Gasteiger partial charge in [-0.05, 0) is 17.4 Å². The van der Waals surface area contributed by atoms with E-state index in [2.05, 4.69) is 10.0 Å². The van der Waals surface area contributed by atoms with Crippen LogP contribution < -0.4 is 0 Å². The van der Waals surface area contributed by atoms with Crippen LogP contribution in [0, 0.1) is 11.8 Å². The van der Waals surface area contributed by atoms with E-state index in [9.17, 15) is 0 Å². The molecule has 1 saturated heterocycles. The minimum absolute atomic E-state index is 0.0110. The van der Waals surface area contributed by atoms with Gasteiger partial charge in [0.25, 0.3) is 0 Å². The van der Waals surface area contributed by atoms with Crippen LogP contribution in [0.25, 0.3) is 10.4 Å². The van der Waals surface area contributed by atoms with Crippen LogP contribution in [-0.2, 0) is 4.74 Å². The van der Waals surface area contributed by atoms with Crippen LogP contribution in [0.3, 0.4) is 0 Å². The molecule has 0 bridgehead atoms. The van der Waals surface area contributed by atoms with E-state index in [1.807, 2.05) is 13.8 Å². The van der Waals surface area contributed by atoms with E-state index in [-0.39, 0.29) is 24.5 Å². The van der Waals surface area contributed by atoms with Crippen molar-refractivity contribution in [2.24, 2.45) is 17.0 Å². The molecule has 5 nitrogen and oxygen atoms in total. The Morgan fingerprint density at radius 1 is 1.50 bits per heavy atom. The maximum absolute atomic E-state index is 8.88. The van der Waals surface area contributed by atoms with Crippen LogP contribution in [0.5, 0.6) is 0 Å². The third kappa shape index (κ3) is 1.53. The Bertz CT molecular complexity index is 203. The fourth-order valence-corrected chi connectivity index (χ4v) is 1.42. The van der Waals surface area contributed by atoms with Crippen molar-refractivity contribution in [3.05, 3.63) is 10.4 Å². The minimum Gasteiger partial charge on any atom is -0.394 e. The molecule has 0 aliphatic carbocycles. The molecule has 1 rings (SSSR count). The van der Waals surface area contributed by atoms with Gasteiger partial charge < -0.3 is 9.84 Å². The van der Waals surface area contributed by atoms with E-state index in [1.54, 1.807) is 0 Å². The van der Waals surface area contributed by atoms with Crippen LogP contribution in [-0.4, -0.2) is 24.0 Å². The summed E-state index contributed by atoms with van der Waals surface area (Å²) in [5.74, 6) is 0.420. The molecule has 0 unspecified atom stereocenters. The Morgan fingerprint density at radius 3 is 2.58 bits per heavy atom. The van der Waals surface area contributed by atoms with Crippen molar-refractivity contribution in [1.29, 1.82) is 0 Å². The molecule has 68 valence electrons. The summed E-state index contributed by atoms with van der Waals surface area (Å²) in [5, 5.41) is 12.4. The van der Waals surface area contributed by atoms with Crippen molar-refractivity contribution in [1.82, 2.24) is 0 Å². The molecule has 0 aromatic heterocycles. The van der Waals surface area contributed by atoms with Crippen LogP contribution >= 0.6 is 0 Å². The molecule has 0 amide bonds. The molecule has 0 aromatic carbocycles. The number of aliphatic hydroxyl groups excluding tert-OH is 1. The first-order valence-corrected chi connectivity index (χ1v) is 4.01. The summed E-state index contributed by atoms with van der Waals surface area (Å²) in [4.78, 5) is 2.69. The van der Waals surface area contributed by atoms with E-state index < -0.39 is 6.23 Å². The Hall–Kier alpha value is -0.770. The van der Waals surface area contributed by atoms with E-state index in [4.69, 9.17) is 15.4 Å². The molecule has 1 aliphatic heterocycles. The molecular formula is C7H13N3O2. The van der Waals surface area contributed by atoms with Gasteiger partial charge in [-0.1, -0.05) is 19.0 Å². The topological polar surface area (TPSA) is 78.2 Å². The molecule has 12 heavy (non-hydrogen) atoms. The number of hydrogen-bond acceptors (Lipinski definition) is 3. The Morgan fingerprint density at radius 2 is 2.17 bits per heavy atom. The maximum Gasteiger partial charge on any atom is 0.139 e. The van der Waals surface area contributed by atoms with E-state index >= 15 is 0 Å². The normalized spacial score (nSPS) is 40.9. The number of azide groups is 1. The van der Waals surface area contributed by atoms with Crippen molar-refractivity contribution in [2.75, 3.05) is 6.61 Å². The molecule has 0 aromatic rings. The standard InChI is InChI=1S/C7H13N3O2/c1-4-5(2)7(9-10-8)12-6(4)3-11/h4-7,11H,3H2,1-2H3/t4-,5+,6+,7+/m0/s1. The largest absolute Gasteiger partial charge is 0.394 e. The second-order valence-electron chi connectivity index (χ2n) is 3.17. The SMILES string of the molecule is C[C@@H]1[C@H](C)[C@@H](CO)O[C@H]1N=[N+]=[N-]. The lowest BCUT2D eigenvalue weighted by Crippen LogP contribution is -2.19. The molecule has 0 radical (unpaired) electrons. The van der Waals surface area contributed by atoms with Crippen LogP contribution in [0.4, 0.5) is 0 Å². The number of nitrogens with zero attached hydrogens (tertiary/aromatic N) is 3. The zero-order valence-corrected chi connectivity index (χ0v) is 7.21. The third-order valence-electron chi connectivity index (χ3n) is 2.53. The maximum atomic E-state index is 8.88. The molecule has 1 N–H and O–H groups in total. The van der Waals surface area contributed by atoms with E-state index in [1.165, 1.54) is 0 Å². The second kappa shape index (κ2) is 3.76. The lowest BCUT2D eigenvalue weighted by molar-refractivity contribution is 0.00191. The smallest absolute Gasteiger partial charge is 0.139 e. The molecule has 1 heterocycles. The van der Waals surface area contributed by atoms with Gasteiger partial charge in [-0.25, -0.2) is 0 Å². The second-order valence-corrected chi connectivity index (χ2v) is 3.17. The van der Waals surface area contributed by atoms with E-state index in [0.29, 0.717) is 0 Å². The third-order valence-corrected chi connectivity index (χ3v) is 2.53. The highest BCUT2D eigenvalue weighted by atomic mass is 16.5. The predicted molar refractivity (Wildman–Crippen MR) is 43.2 cm³/mol. The summed E-state index contributed by atoms with van der Waals surface area (Å²) < 4.78 is 5.31. The number of rotatable bonds is 2. The summed E-state index contributed by atoms with van der Waals surface area (Å²) in [7, 11) is 0. The van der Waals surface area contributed by atoms with Gasteiger partial charge in [0.15, 0.2) is 0 Å². The first-order valence-electron chi connectivity index (χ1n) is 4.01. The van der Waals surface area contributed by atoms with Gasteiger partial charge >= 0.3 is 0 Å². The Kier molecular flexibility index (Phi) is 2.92.